The first kappa shape index (κ1) is 18.5. The van der Waals surface area contributed by atoms with Crippen molar-refractivity contribution in [1.82, 2.24) is 0 Å². The third-order valence-corrected chi connectivity index (χ3v) is 5.18. The molecule has 3 aromatic rings. The van der Waals surface area contributed by atoms with Gasteiger partial charge < -0.3 is 14.1 Å². The first-order valence-corrected chi connectivity index (χ1v) is 9.12. The summed E-state index contributed by atoms with van der Waals surface area (Å²) in [6, 6.07) is 9.40. The van der Waals surface area contributed by atoms with Crippen LogP contribution in [0.5, 0.6) is 0 Å². The van der Waals surface area contributed by atoms with Crippen molar-refractivity contribution in [2.45, 2.75) is 6.42 Å². The highest BCUT2D eigenvalue weighted by Crippen LogP contribution is 2.31. The van der Waals surface area contributed by atoms with E-state index in [0.717, 1.165) is 0 Å². The Morgan fingerprint density at radius 2 is 1.96 bits per heavy atom. The van der Waals surface area contributed by atoms with Crippen LogP contribution in [0, 0.1) is 0 Å². The predicted molar refractivity (Wildman–Crippen MR) is 106 cm³/mol. The molecule has 0 spiro atoms. The van der Waals surface area contributed by atoms with Crippen LogP contribution in [0.15, 0.2) is 45.6 Å². The van der Waals surface area contributed by atoms with Gasteiger partial charge in [0.05, 0.1) is 34.3 Å². The Morgan fingerprint density at radius 1 is 1.18 bits per heavy atom. The fraction of sp³-hybridized carbons (Fsp3) is 0.150. The molecule has 1 amide bonds. The Labute approximate surface area is 169 Å². The topological polar surface area (TPSA) is 76.8 Å². The molecule has 6 nitrogen and oxygen atoms in total. The van der Waals surface area contributed by atoms with Gasteiger partial charge in [-0.25, -0.2) is 4.79 Å². The number of methoxy groups -OCH3 is 1. The van der Waals surface area contributed by atoms with E-state index in [9.17, 15) is 14.4 Å². The van der Waals surface area contributed by atoms with E-state index in [-0.39, 0.29) is 40.3 Å². The fourth-order valence-electron chi connectivity index (χ4n) is 3.32. The Balaban J connectivity index is 1.88. The molecule has 2 aromatic carbocycles. The van der Waals surface area contributed by atoms with E-state index in [2.05, 4.69) is 0 Å². The maximum atomic E-state index is 13.1. The number of amides is 1. The van der Waals surface area contributed by atoms with E-state index in [1.165, 1.54) is 18.1 Å². The summed E-state index contributed by atoms with van der Waals surface area (Å²) < 4.78 is 10.5. The van der Waals surface area contributed by atoms with Crippen molar-refractivity contribution in [3.05, 3.63) is 73.6 Å². The highest BCUT2D eigenvalue weighted by Gasteiger charge is 2.33. The third kappa shape index (κ3) is 2.85. The van der Waals surface area contributed by atoms with E-state index >= 15 is 0 Å². The van der Waals surface area contributed by atoms with Gasteiger partial charge in [0.25, 0.3) is 5.91 Å². The molecule has 1 aliphatic heterocycles. The minimum atomic E-state index is -0.626. The van der Waals surface area contributed by atoms with Crippen molar-refractivity contribution < 1.29 is 18.7 Å². The first-order chi connectivity index (χ1) is 13.4. The highest BCUT2D eigenvalue weighted by molar-refractivity contribution is 6.34. The molecule has 28 heavy (non-hydrogen) atoms. The van der Waals surface area contributed by atoms with Gasteiger partial charge in [-0.2, -0.15) is 0 Å². The lowest BCUT2D eigenvalue weighted by Crippen LogP contribution is -2.40. The van der Waals surface area contributed by atoms with Crippen LogP contribution in [-0.4, -0.2) is 25.5 Å². The normalized spacial score (nSPS) is 13.5. The van der Waals surface area contributed by atoms with E-state index < -0.39 is 11.9 Å². The third-order valence-electron chi connectivity index (χ3n) is 4.64. The molecule has 0 radical (unpaired) electrons. The van der Waals surface area contributed by atoms with Gasteiger partial charge in [0.1, 0.15) is 0 Å². The Hall–Kier alpha value is -2.83. The summed E-state index contributed by atoms with van der Waals surface area (Å²) in [5.41, 5.74) is 0.648. The molecule has 1 aromatic heterocycles. The number of anilines is 1. The molecule has 0 unspecified atom stereocenters. The predicted octanol–water partition coefficient (Wildman–Crippen LogP) is 4.09. The largest absolute Gasteiger partial charge is 0.465 e. The van der Waals surface area contributed by atoms with Gasteiger partial charge in [-0.3, -0.25) is 9.59 Å². The summed E-state index contributed by atoms with van der Waals surface area (Å²) in [7, 11) is 1.24. The number of carbonyl (C=O) groups excluding carboxylic acids is 2. The van der Waals surface area contributed by atoms with Crippen LogP contribution >= 0.6 is 23.2 Å². The van der Waals surface area contributed by atoms with Crippen LogP contribution in [0.2, 0.25) is 10.0 Å². The summed E-state index contributed by atoms with van der Waals surface area (Å²) in [5, 5.41) is 0.900. The molecular formula is C20H13Cl2NO5. The Bertz CT molecular complexity index is 1200. The number of benzene rings is 2. The minimum Gasteiger partial charge on any atom is -0.465 e. The van der Waals surface area contributed by atoms with Crippen molar-refractivity contribution in [3.63, 3.8) is 0 Å². The van der Waals surface area contributed by atoms with Crippen molar-refractivity contribution in [2.75, 3.05) is 18.6 Å². The molecule has 4 rings (SSSR count). The molecule has 0 aliphatic carbocycles. The Kier molecular flexibility index (Phi) is 4.61. The molecule has 0 atom stereocenters. The zero-order chi connectivity index (χ0) is 20.0. The van der Waals surface area contributed by atoms with E-state index in [1.807, 2.05) is 0 Å². The number of esters is 1. The molecular weight excluding hydrogens is 405 g/mol. The number of para-hydroxylation sites is 1. The number of ether oxygens (including phenoxy) is 1. The van der Waals surface area contributed by atoms with Gasteiger partial charge in [-0.05, 0) is 36.8 Å². The molecule has 0 N–H and O–H groups in total. The SMILES string of the molecule is COC(=O)c1cc(Cl)ccc1N1CCc2c(oc3c(Cl)cccc3c2=O)C1=O. The second kappa shape index (κ2) is 6.96. The molecule has 0 fully saturated rings. The van der Waals surface area contributed by atoms with Crippen LogP contribution < -0.4 is 10.3 Å². The molecule has 0 saturated carbocycles. The maximum Gasteiger partial charge on any atom is 0.340 e. The minimum absolute atomic E-state index is 0.0809. The fourth-order valence-corrected chi connectivity index (χ4v) is 3.70. The van der Waals surface area contributed by atoms with Gasteiger partial charge >= 0.3 is 5.97 Å². The molecule has 142 valence electrons. The quantitative estimate of drug-likeness (QED) is 0.586. The average Bonchev–Trinajstić information content (AvgIpc) is 2.69. The van der Waals surface area contributed by atoms with Crippen LogP contribution in [0.4, 0.5) is 5.69 Å². The second-order valence-corrected chi connectivity index (χ2v) is 7.06. The molecule has 0 bridgehead atoms. The molecule has 0 saturated heterocycles. The Morgan fingerprint density at radius 3 is 2.71 bits per heavy atom. The standard InChI is InChI=1S/C20H13Cl2NO5/c1-27-20(26)13-9-10(21)5-6-15(13)23-8-7-12-16(24)11-3-2-4-14(22)17(11)28-18(12)19(23)25/h2-6,9H,7-8H2,1H3. The maximum absolute atomic E-state index is 13.1. The summed E-state index contributed by atoms with van der Waals surface area (Å²) in [6.07, 6.45) is 0.273. The van der Waals surface area contributed by atoms with Crippen molar-refractivity contribution in [3.8, 4) is 0 Å². The lowest BCUT2D eigenvalue weighted by Gasteiger charge is -2.28. The monoisotopic (exact) mass is 417 g/mol. The summed E-state index contributed by atoms with van der Waals surface area (Å²) in [5.74, 6) is -1.24. The van der Waals surface area contributed by atoms with Crippen molar-refractivity contribution in [2.24, 2.45) is 0 Å². The number of fused-ring (bicyclic) bond motifs is 2. The van der Waals surface area contributed by atoms with Crippen LogP contribution in [-0.2, 0) is 11.2 Å². The van der Waals surface area contributed by atoms with E-state index in [1.54, 1.807) is 30.3 Å². The smallest absolute Gasteiger partial charge is 0.340 e. The number of carbonyl (C=O) groups is 2. The van der Waals surface area contributed by atoms with E-state index in [0.29, 0.717) is 21.7 Å². The molecule has 2 heterocycles. The summed E-state index contributed by atoms with van der Waals surface area (Å²) in [6.45, 7) is 0.203. The lowest BCUT2D eigenvalue weighted by atomic mass is 10.0. The lowest BCUT2D eigenvalue weighted by molar-refractivity contribution is 0.0601. The number of nitrogens with zero attached hydrogens (tertiary/aromatic N) is 1. The zero-order valence-corrected chi connectivity index (χ0v) is 16.1. The summed E-state index contributed by atoms with van der Waals surface area (Å²) >= 11 is 12.1. The number of halogens is 2. The number of rotatable bonds is 2. The molecule has 1 aliphatic rings. The van der Waals surface area contributed by atoms with Gasteiger partial charge in [-0.1, -0.05) is 29.3 Å². The van der Waals surface area contributed by atoms with E-state index in [4.69, 9.17) is 32.4 Å². The van der Waals surface area contributed by atoms with Gasteiger partial charge in [-0.15, -0.1) is 0 Å². The zero-order valence-electron chi connectivity index (χ0n) is 14.6. The number of hydrogen-bond donors (Lipinski definition) is 0. The van der Waals surface area contributed by atoms with Gasteiger partial charge in [0, 0.05) is 11.6 Å². The second-order valence-electron chi connectivity index (χ2n) is 6.22. The van der Waals surface area contributed by atoms with Crippen molar-refractivity contribution in [1.29, 1.82) is 0 Å². The highest BCUT2D eigenvalue weighted by atomic mass is 35.5. The van der Waals surface area contributed by atoms with Crippen LogP contribution in [0.1, 0.15) is 26.5 Å². The van der Waals surface area contributed by atoms with Gasteiger partial charge in [0.2, 0.25) is 0 Å². The first-order valence-electron chi connectivity index (χ1n) is 8.36. The average molecular weight is 418 g/mol. The summed E-state index contributed by atoms with van der Waals surface area (Å²) in [4.78, 5) is 39.5. The van der Waals surface area contributed by atoms with Crippen molar-refractivity contribution >= 4 is 51.7 Å². The van der Waals surface area contributed by atoms with Crippen LogP contribution in [0.25, 0.3) is 11.0 Å². The van der Waals surface area contributed by atoms with Crippen LogP contribution in [0.3, 0.4) is 0 Å². The number of hydrogen-bond acceptors (Lipinski definition) is 5. The van der Waals surface area contributed by atoms with Gasteiger partial charge in [0.15, 0.2) is 16.8 Å². The molecule has 8 heteroatoms.